The topological polar surface area (TPSA) is 77.2 Å². The number of rotatable bonds is 3. The van der Waals surface area contributed by atoms with E-state index < -0.39 is 11.5 Å². The maximum absolute atomic E-state index is 11.2. The number of carboxylic acids is 1. The van der Waals surface area contributed by atoms with Gasteiger partial charge in [0.05, 0.1) is 5.56 Å². The number of aliphatic carboxylic acids is 1. The first-order valence-electron chi connectivity index (χ1n) is 5.15. The molecule has 0 spiro atoms. The molecule has 1 aromatic rings. The lowest BCUT2D eigenvalue weighted by atomic mass is 10.0. The molecule has 0 saturated carbocycles. The van der Waals surface area contributed by atoms with Gasteiger partial charge >= 0.3 is 5.97 Å². The van der Waals surface area contributed by atoms with E-state index >= 15 is 0 Å². The highest BCUT2D eigenvalue weighted by Gasteiger charge is 2.34. The van der Waals surface area contributed by atoms with Crippen LogP contribution < -0.4 is 4.90 Å². The van der Waals surface area contributed by atoms with Crippen LogP contribution in [0.15, 0.2) is 12.1 Å². The first-order chi connectivity index (χ1) is 7.80. The number of anilines is 1. The summed E-state index contributed by atoms with van der Waals surface area (Å²) in [6.45, 7) is 4.94. The lowest BCUT2D eigenvalue weighted by Gasteiger charge is -2.33. The molecule has 0 aromatic carbocycles. The van der Waals surface area contributed by atoms with Gasteiger partial charge in [0.2, 0.25) is 0 Å². The molecule has 0 atom stereocenters. The first kappa shape index (κ1) is 13.0. The molecule has 90 valence electrons. The van der Waals surface area contributed by atoms with E-state index in [0.717, 1.165) is 5.69 Å². The van der Waals surface area contributed by atoms with E-state index in [0.29, 0.717) is 11.4 Å². The van der Waals surface area contributed by atoms with Gasteiger partial charge in [-0.1, -0.05) is 0 Å². The second-order valence-corrected chi connectivity index (χ2v) is 4.36. The summed E-state index contributed by atoms with van der Waals surface area (Å²) in [4.78, 5) is 16.9. The van der Waals surface area contributed by atoms with Gasteiger partial charge in [0.1, 0.15) is 17.4 Å². The van der Waals surface area contributed by atoms with Crippen molar-refractivity contribution in [2.24, 2.45) is 0 Å². The van der Waals surface area contributed by atoms with E-state index in [1.54, 1.807) is 40.0 Å². The molecule has 1 rings (SSSR count). The Morgan fingerprint density at radius 3 is 2.59 bits per heavy atom. The van der Waals surface area contributed by atoms with Crippen LogP contribution in [0.1, 0.15) is 25.1 Å². The number of nitrogens with zero attached hydrogens (tertiary/aromatic N) is 3. The predicted octanol–water partition coefficient (Wildman–Crippen LogP) is 1.56. The number of pyridine rings is 1. The van der Waals surface area contributed by atoms with Crippen molar-refractivity contribution in [2.75, 3.05) is 11.9 Å². The fraction of sp³-hybridized carbons (Fsp3) is 0.417. The molecule has 0 fully saturated rings. The lowest BCUT2D eigenvalue weighted by Crippen LogP contribution is -2.48. The molecule has 17 heavy (non-hydrogen) atoms. The number of hydrogen-bond acceptors (Lipinski definition) is 4. The molecule has 0 aliphatic carbocycles. The average Bonchev–Trinajstić information content (AvgIpc) is 2.27. The third-order valence-electron chi connectivity index (χ3n) is 2.81. The number of carboxylic acid groups (broad SMARTS) is 1. The van der Waals surface area contributed by atoms with Crippen LogP contribution in [-0.4, -0.2) is 28.6 Å². The average molecular weight is 233 g/mol. The van der Waals surface area contributed by atoms with Crippen molar-refractivity contribution in [3.63, 3.8) is 0 Å². The monoisotopic (exact) mass is 233 g/mol. The Labute approximate surface area is 100 Å². The van der Waals surface area contributed by atoms with Gasteiger partial charge < -0.3 is 10.0 Å². The molecule has 1 aromatic heterocycles. The Balaban J connectivity index is 3.30. The summed E-state index contributed by atoms with van der Waals surface area (Å²) in [6, 6.07) is 5.39. The van der Waals surface area contributed by atoms with Crippen LogP contribution in [0.2, 0.25) is 0 Å². The molecule has 0 unspecified atom stereocenters. The smallest absolute Gasteiger partial charge is 0.328 e. The Hall–Kier alpha value is -2.09. The fourth-order valence-corrected chi connectivity index (χ4v) is 1.29. The van der Waals surface area contributed by atoms with Gasteiger partial charge in [0, 0.05) is 12.7 Å². The van der Waals surface area contributed by atoms with Crippen LogP contribution in [0.5, 0.6) is 0 Å². The first-order valence-corrected chi connectivity index (χ1v) is 5.15. The summed E-state index contributed by atoms with van der Waals surface area (Å²) in [6.07, 6.45) is 0. The molecular weight excluding hydrogens is 218 g/mol. The van der Waals surface area contributed by atoms with Crippen molar-refractivity contribution in [1.29, 1.82) is 5.26 Å². The number of hydrogen-bond donors (Lipinski definition) is 1. The normalized spacial score (nSPS) is 10.8. The zero-order chi connectivity index (χ0) is 13.2. The lowest BCUT2D eigenvalue weighted by molar-refractivity contribution is -0.142. The van der Waals surface area contributed by atoms with Crippen LogP contribution in [-0.2, 0) is 4.79 Å². The third kappa shape index (κ3) is 2.36. The number of aryl methyl sites for hydroxylation is 1. The van der Waals surface area contributed by atoms with Crippen molar-refractivity contribution >= 4 is 11.8 Å². The zero-order valence-electron chi connectivity index (χ0n) is 10.4. The van der Waals surface area contributed by atoms with E-state index in [-0.39, 0.29) is 0 Å². The molecule has 0 bridgehead atoms. The summed E-state index contributed by atoms with van der Waals surface area (Å²) in [5.41, 5.74) is -0.00804. The Kier molecular flexibility index (Phi) is 3.37. The van der Waals surface area contributed by atoms with E-state index in [9.17, 15) is 4.79 Å². The molecule has 5 heteroatoms. The summed E-state index contributed by atoms with van der Waals surface area (Å²) >= 11 is 0. The molecule has 0 saturated heterocycles. The second kappa shape index (κ2) is 4.42. The van der Waals surface area contributed by atoms with E-state index in [2.05, 4.69) is 4.98 Å². The van der Waals surface area contributed by atoms with Gasteiger partial charge in [-0.05, 0) is 32.9 Å². The van der Waals surface area contributed by atoms with E-state index in [1.165, 1.54) is 4.90 Å². The molecule has 5 nitrogen and oxygen atoms in total. The van der Waals surface area contributed by atoms with Crippen molar-refractivity contribution in [3.05, 3.63) is 23.4 Å². The quantitative estimate of drug-likeness (QED) is 0.857. The highest BCUT2D eigenvalue weighted by Crippen LogP contribution is 2.24. The molecule has 1 N–H and O–H groups in total. The predicted molar refractivity (Wildman–Crippen MR) is 63.8 cm³/mol. The molecule has 0 aliphatic rings. The molecule has 0 radical (unpaired) electrons. The minimum atomic E-state index is -1.12. The van der Waals surface area contributed by atoms with Gasteiger partial charge in [-0.2, -0.15) is 5.26 Å². The zero-order valence-corrected chi connectivity index (χ0v) is 10.4. The highest BCUT2D eigenvalue weighted by molar-refractivity contribution is 5.82. The van der Waals surface area contributed by atoms with Crippen LogP contribution in [0.25, 0.3) is 0 Å². The maximum atomic E-state index is 11.2. The SMILES string of the molecule is Cc1ccc(C#N)c(N(C)C(C)(C)C(=O)O)n1. The Bertz CT molecular complexity index is 489. The van der Waals surface area contributed by atoms with Crippen molar-refractivity contribution < 1.29 is 9.90 Å². The number of likely N-dealkylation sites (N-methyl/N-ethyl adjacent to an activating group) is 1. The summed E-state index contributed by atoms with van der Waals surface area (Å²) in [7, 11) is 1.62. The van der Waals surface area contributed by atoms with Crippen LogP contribution >= 0.6 is 0 Å². The number of nitriles is 1. The van der Waals surface area contributed by atoms with Crippen LogP contribution in [0, 0.1) is 18.3 Å². The van der Waals surface area contributed by atoms with E-state index in [4.69, 9.17) is 10.4 Å². The van der Waals surface area contributed by atoms with Crippen LogP contribution in [0.3, 0.4) is 0 Å². The minimum Gasteiger partial charge on any atom is -0.480 e. The maximum Gasteiger partial charge on any atom is 0.328 e. The second-order valence-electron chi connectivity index (χ2n) is 4.36. The Morgan fingerprint density at radius 1 is 1.53 bits per heavy atom. The molecule has 0 aliphatic heterocycles. The molecular formula is C12H15N3O2. The van der Waals surface area contributed by atoms with Crippen LogP contribution in [0.4, 0.5) is 5.82 Å². The molecule has 0 amide bonds. The van der Waals surface area contributed by atoms with Crippen molar-refractivity contribution in [3.8, 4) is 6.07 Å². The minimum absolute atomic E-state index is 0.368. The van der Waals surface area contributed by atoms with Gasteiger partial charge in [-0.25, -0.2) is 9.78 Å². The highest BCUT2D eigenvalue weighted by atomic mass is 16.4. The van der Waals surface area contributed by atoms with Gasteiger partial charge in [0.25, 0.3) is 0 Å². The Morgan fingerprint density at radius 2 is 2.12 bits per heavy atom. The van der Waals surface area contributed by atoms with Gasteiger partial charge in [0.15, 0.2) is 0 Å². The van der Waals surface area contributed by atoms with E-state index in [1.807, 2.05) is 6.07 Å². The number of aromatic nitrogens is 1. The van der Waals surface area contributed by atoms with Crippen molar-refractivity contribution in [1.82, 2.24) is 4.98 Å². The largest absolute Gasteiger partial charge is 0.480 e. The standard InChI is InChI=1S/C12H15N3O2/c1-8-5-6-9(7-13)10(14-8)15(4)12(2,3)11(16)17/h5-6H,1-4H3,(H,16,17). The fourth-order valence-electron chi connectivity index (χ4n) is 1.29. The van der Waals surface area contributed by atoms with Gasteiger partial charge in [-0.3, -0.25) is 0 Å². The van der Waals surface area contributed by atoms with Gasteiger partial charge in [-0.15, -0.1) is 0 Å². The number of carbonyl (C=O) groups is 1. The summed E-state index contributed by atoms with van der Waals surface area (Å²) in [5.74, 6) is -0.577. The third-order valence-corrected chi connectivity index (χ3v) is 2.81. The molecule has 1 heterocycles. The summed E-state index contributed by atoms with van der Waals surface area (Å²) < 4.78 is 0. The summed E-state index contributed by atoms with van der Waals surface area (Å²) in [5, 5.41) is 18.2. The van der Waals surface area contributed by atoms with Crippen molar-refractivity contribution in [2.45, 2.75) is 26.3 Å².